The van der Waals surface area contributed by atoms with E-state index >= 15 is 0 Å². The summed E-state index contributed by atoms with van der Waals surface area (Å²) in [6, 6.07) is 0. The van der Waals surface area contributed by atoms with E-state index in [2.05, 4.69) is 6.92 Å². The van der Waals surface area contributed by atoms with E-state index in [1.165, 1.54) is 30.6 Å². The Hall–Kier alpha value is 0.500. The predicted octanol–water partition coefficient (Wildman–Crippen LogP) is 5.40. The van der Waals surface area contributed by atoms with E-state index in [1.54, 1.807) is 0 Å². The van der Waals surface area contributed by atoms with Crippen LogP contribution in [0.3, 0.4) is 0 Å². The van der Waals surface area contributed by atoms with Gasteiger partial charge in [0.05, 0.1) is 12.2 Å². The average Bonchev–Trinajstić information content (AvgIpc) is 2.13. The fraction of sp³-hybridized carbons (Fsp3) is 1.00. The lowest BCUT2D eigenvalue weighted by molar-refractivity contribution is 0.155. The SMILES string of the molecule is CC(C)OP(=O)(OC(C)C)SC1(C)CCCCC1. The van der Waals surface area contributed by atoms with Crippen LogP contribution in [0.4, 0.5) is 0 Å². The van der Waals surface area contributed by atoms with E-state index in [4.69, 9.17) is 9.05 Å². The number of hydrogen-bond donors (Lipinski definition) is 0. The van der Waals surface area contributed by atoms with Crippen molar-refractivity contribution in [2.75, 3.05) is 0 Å². The summed E-state index contributed by atoms with van der Waals surface area (Å²) >= 11 is 1.44. The lowest BCUT2D eigenvalue weighted by Crippen LogP contribution is -2.24. The highest BCUT2D eigenvalue weighted by Gasteiger charge is 2.39. The molecule has 0 heterocycles. The van der Waals surface area contributed by atoms with Crippen molar-refractivity contribution in [1.82, 2.24) is 0 Å². The Morgan fingerprint density at radius 3 is 1.83 bits per heavy atom. The number of hydrogen-bond acceptors (Lipinski definition) is 4. The molecule has 0 atom stereocenters. The van der Waals surface area contributed by atoms with Gasteiger partial charge in [0.2, 0.25) is 0 Å². The van der Waals surface area contributed by atoms with Gasteiger partial charge in [0.15, 0.2) is 0 Å². The van der Waals surface area contributed by atoms with Gasteiger partial charge in [-0.05, 0) is 58.8 Å². The Labute approximate surface area is 116 Å². The normalized spacial score (nSPS) is 20.6. The molecular weight excluding hydrogens is 267 g/mol. The van der Waals surface area contributed by atoms with Gasteiger partial charge in [-0.25, -0.2) is 4.57 Å². The molecule has 1 aliphatic rings. The molecule has 18 heavy (non-hydrogen) atoms. The summed E-state index contributed by atoms with van der Waals surface area (Å²) in [6.07, 6.45) is 5.77. The van der Waals surface area contributed by atoms with Crippen molar-refractivity contribution >= 4 is 18.2 Å². The van der Waals surface area contributed by atoms with E-state index < -0.39 is 6.80 Å². The van der Waals surface area contributed by atoms with Gasteiger partial charge in [0, 0.05) is 4.75 Å². The van der Waals surface area contributed by atoms with Crippen LogP contribution in [0.1, 0.15) is 66.7 Å². The van der Waals surface area contributed by atoms with Crippen LogP contribution in [0.5, 0.6) is 0 Å². The molecule has 0 N–H and O–H groups in total. The van der Waals surface area contributed by atoms with Crippen LogP contribution in [-0.4, -0.2) is 17.0 Å². The molecule has 3 nitrogen and oxygen atoms in total. The molecule has 0 unspecified atom stereocenters. The minimum Gasteiger partial charge on any atom is -0.298 e. The van der Waals surface area contributed by atoms with Crippen LogP contribution in [0.15, 0.2) is 0 Å². The molecule has 0 amide bonds. The molecule has 0 spiro atoms. The summed E-state index contributed by atoms with van der Waals surface area (Å²) in [5.41, 5.74) is 0. The second-order valence-corrected chi connectivity index (χ2v) is 10.2. The smallest absolute Gasteiger partial charge is 0.298 e. The molecule has 0 saturated heterocycles. The maximum Gasteiger partial charge on any atom is 0.390 e. The Balaban J connectivity index is 2.73. The van der Waals surface area contributed by atoms with E-state index in [-0.39, 0.29) is 17.0 Å². The van der Waals surface area contributed by atoms with E-state index in [0.29, 0.717) is 0 Å². The van der Waals surface area contributed by atoms with Crippen LogP contribution in [0, 0.1) is 0 Å². The summed E-state index contributed by atoms with van der Waals surface area (Å²) in [7, 11) is 0. The topological polar surface area (TPSA) is 35.5 Å². The Kier molecular flexibility index (Phi) is 6.24. The van der Waals surface area contributed by atoms with Gasteiger partial charge in [-0.1, -0.05) is 19.3 Å². The van der Waals surface area contributed by atoms with Crippen LogP contribution >= 0.6 is 18.2 Å². The monoisotopic (exact) mass is 294 g/mol. The molecule has 0 bridgehead atoms. The van der Waals surface area contributed by atoms with Crippen molar-refractivity contribution in [2.45, 2.75) is 83.7 Å². The van der Waals surface area contributed by atoms with Gasteiger partial charge in [-0.3, -0.25) is 9.05 Å². The van der Waals surface area contributed by atoms with Crippen molar-refractivity contribution in [1.29, 1.82) is 0 Å². The quantitative estimate of drug-likeness (QED) is 0.614. The van der Waals surface area contributed by atoms with Crippen molar-refractivity contribution in [3.05, 3.63) is 0 Å². The van der Waals surface area contributed by atoms with Gasteiger partial charge in [-0.15, -0.1) is 0 Å². The summed E-state index contributed by atoms with van der Waals surface area (Å²) in [5.74, 6) is 0. The zero-order chi connectivity index (χ0) is 13.8. The third kappa shape index (κ3) is 5.64. The van der Waals surface area contributed by atoms with Crippen molar-refractivity contribution in [2.24, 2.45) is 0 Å². The van der Waals surface area contributed by atoms with Crippen LogP contribution < -0.4 is 0 Å². The molecule has 0 aromatic carbocycles. The van der Waals surface area contributed by atoms with Gasteiger partial charge in [0.25, 0.3) is 0 Å². The molecule has 1 rings (SSSR count). The Bertz CT molecular complexity index is 285. The van der Waals surface area contributed by atoms with Gasteiger partial charge < -0.3 is 0 Å². The molecule has 0 aromatic rings. The summed E-state index contributed by atoms with van der Waals surface area (Å²) in [4.78, 5) is 0. The van der Waals surface area contributed by atoms with Crippen molar-refractivity contribution < 1.29 is 13.6 Å². The van der Waals surface area contributed by atoms with Gasteiger partial charge in [0.1, 0.15) is 0 Å². The Morgan fingerprint density at radius 2 is 1.44 bits per heavy atom. The fourth-order valence-corrected chi connectivity index (χ4v) is 7.88. The highest BCUT2D eigenvalue weighted by molar-refractivity contribution is 8.55. The maximum absolute atomic E-state index is 12.8. The second-order valence-electron chi connectivity index (χ2n) is 5.86. The number of rotatable bonds is 6. The first-order chi connectivity index (χ1) is 8.25. The molecule has 0 aromatic heterocycles. The highest BCUT2D eigenvalue weighted by Crippen LogP contribution is 2.68. The fourth-order valence-electron chi connectivity index (χ4n) is 2.25. The van der Waals surface area contributed by atoms with Crippen molar-refractivity contribution in [3.8, 4) is 0 Å². The van der Waals surface area contributed by atoms with Crippen LogP contribution in [0.2, 0.25) is 0 Å². The first-order valence-corrected chi connectivity index (χ1v) is 9.89. The molecule has 0 aliphatic heterocycles. The maximum atomic E-state index is 12.8. The third-order valence-corrected chi connectivity index (χ3v) is 7.87. The highest BCUT2D eigenvalue weighted by atomic mass is 32.7. The third-order valence-electron chi connectivity index (χ3n) is 2.92. The molecule has 0 radical (unpaired) electrons. The predicted molar refractivity (Wildman–Crippen MR) is 79.1 cm³/mol. The van der Waals surface area contributed by atoms with Gasteiger partial charge >= 0.3 is 6.80 Å². The van der Waals surface area contributed by atoms with Crippen molar-refractivity contribution in [3.63, 3.8) is 0 Å². The van der Waals surface area contributed by atoms with Gasteiger partial charge in [-0.2, -0.15) is 0 Å². The molecule has 108 valence electrons. The minimum absolute atomic E-state index is 0.0392. The molecule has 5 heteroatoms. The van der Waals surface area contributed by atoms with E-state index in [0.717, 1.165) is 12.8 Å². The molecular formula is C13H27O3PS. The Morgan fingerprint density at radius 1 is 1.00 bits per heavy atom. The van der Waals surface area contributed by atoms with E-state index in [1.807, 2.05) is 27.7 Å². The lowest BCUT2D eigenvalue weighted by Gasteiger charge is -2.35. The zero-order valence-corrected chi connectivity index (χ0v) is 14.0. The van der Waals surface area contributed by atoms with Crippen LogP contribution in [-0.2, 0) is 13.6 Å². The summed E-state index contributed by atoms with van der Waals surface area (Å²) < 4.78 is 24.1. The molecule has 1 fully saturated rings. The second kappa shape index (κ2) is 6.78. The average molecular weight is 294 g/mol. The first kappa shape index (κ1) is 16.6. The standard InChI is InChI=1S/C13H27O3PS/c1-11(2)15-17(14,16-12(3)4)18-13(5)9-7-6-8-10-13/h11-12H,6-10H2,1-5H3. The summed E-state index contributed by atoms with van der Waals surface area (Å²) in [6.45, 7) is 6.75. The summed E-state index contributed by atoms with van der Waals surface area (Å²) in [5, 5.41) is 0. The minimum atomic E-state index is -3.05. The zero-order valence-electron chi connectivity index (χ0n) is 12.3. The lowest BCUT2D eigenvalue weighted by atomic mass is 9.90. The largest absolute Gasteiger partial charge is 0.390 e. The van der Waals surface area contributed by atoms with Crippen LogP contribution in [0.25, 0.3) is 0 Å². The molecule has 1 saturated carbocycles. The molecule has 1 aliphatic carbocycles. The van der Waals surface area contributed by atoms with E-state index in [9.17, 15) is 4.57 Å². The first-order valence-electron chi connectivity index (χ1n) is 6.92.